The third kappa shape index (κ3) is 6.80. The summed E-state index contributed by atoms with van der Waals surface area (Å²) >= 11 is 0. The van der Waals surface area contributed by atoms with E-state index in [2.05, 4.69) is 31.2 Å². The van der Waals surface area contributed by atoms with E-state index < -0.39 is 0 Å². The van der Waals surface area contributed by atoms with Crippen molar-refractivity contribution in [1.82, 2.24) is 4.90 Å². The minimum absolute atomic E-state index is 0.0136. The van der Waals surface area contributed by atoms with Crippen LogP contribution in [0.3, 0.4) is 0 Å². The van der Waals surface area contributed by atoms with Gasteiger partial charge in [0.1, 0.15) is 0 Å². The van der Waals surface area contributed by atoms with E-state index in [9.17, 15) is 9.59 Å². The lowest BCUT2D eigenvalue weighted by Crippen LogP contribution is -2.34. The van der Waals surface area contributed by atoms with Gasteiger partial charge in [-0.3, -0.25) is 14.5 Å². The van der Waals surface area contributed by atoms with Crippen LogP contribution < -0.4 is 0 Å². The van der Waals surface area contributed by atoms with Crippen molar-refractivity contribution in [2.45, 2.75) is 110 Å². The molecule has 3 heteroatoms. The number of imide groups is 1. The molecule has 0 radical (unpaired) electrons. The second kappa shape index (κ2) is 13.2. The fourth-order valence-electron chi connectivity index (χ4n) is 5.95. The number of hydrogen-bond acceptors (Lipinski definition) is 2. The normalized spacial score (nSPS) is 27.1. The summed E-state index contributed by atoms with van der Waals surface area (Å²) in [7, 11) is 0. The predicted octanol–water partition coefficient (Wildman–Crippen LogP) is 7.22. The molecule has 0 spiro atoms. The van der Waals surface area contributed by atoms with Crippen LogP contribution in [0.15, 0.2) is 24.3 Å². The molecule has 2 fully saturated rings. The van der Waals surface area contributed by atoms with Crippen LogP contribution in [0, 0.1) is 23.7 Å². The number of unbranched alkanes of at least 4 members (excludes halogenated alkanes) is 12. The van der Waals surface area contributed by atoms with Crippen molar-refractivity contribution in [3.63, 3.8) is 0 Å². The number of carbonyl (C=O) groups excluding carboxylic acids is 2. The van der Waals surface area contributed by atoms with Crippen LogP contribution in [0.25, 0.3) is 0 Å². The number of likely N-dealkylation sites (tertiary alicyclic amines) is 1. The highest BCUT2D eigenvalue weighted by Crippen LogP contribution is 2.51. The molecule has 174 valence electrons. The van der Waals surface area contributed by atoms with Crippen LogP contribution in [0.2, 0.25) is 0 Å². The van der Waals surface area contributed by atoms with E-state index in [0.29, 0.717) is 18.4 Å². The molecule has 3 aliphatic rings. The van der Waals surface area contributed by atoms with Crippen molar-refractivity contribution in [2.24, 2.45) is 23.7 Å². The van der Waals surface area contributed by atoms with Crippen molar-refractivity contribution >= 4 is 11.8 Å². The number of carbonyl (C=O) groups is 2. The van der Waals surface area contributed by atoms with Crippen LogP contribution in [-0.4, -0.2) is 23.3 Å². The first-order chi connectivity index (χ1) is 15.2. The van der Waals surface area contributed by atoms with E-state index in [-0.39, 0.29) is 23.7 Å². The molecular weight excluding hydrogens is 382 g/mol. The Hall–Kier alpha value is -1.38. The lowest BCUT2D eigenvalue weighted by Gasteiger charge is -2.19. The van der Waals surface area contributed by atoms with Crippen molar-refractivity contribution in [3.05, 3.63) is 24.3 Å². The summed E-state index contributed by atoms with van der Waals surface area (Å²) in [6.45, 7) is 2.92. The van der Waals surface area contributed by atoms with E-state index in [1.165, 1.54) is 77.0 Å². The SMILES string of the molecule is CCCCCCCCC/C=C/CCCCCCCN1C(=O)C2CC3CC=CC3C2C1=O. The minimum atomic E-state index is -0.0379. The molecule has 0 aromatic rings. The molecule has 1 saturated carbocycles. The number of fused-ring (bicyclic) bond motifs is 3. The fourth-order valence-corrected chi connectivity index (χ4v) is 5.95. The average molecular weight is 428 g/mol. The number of rotatable bonds is 16. The quantitative estimate of drug-likeness (QED) is 0.148. The average Bonchev–Trinajstić information content (AvgIpc) is 3.41. The number of allylic oxidation sites excluding steroid dienone is 4. The largest absolute Gasteiger partial charge is 0.282 e. The Bertz CT molecular complexity index is 623. The van der Waals surface area contributed by atoms with Gasteiger partial charge in [0.25, 0.3) is 0 Å². The molecule has 0 N–H and O–H groups in total. The highest BCUT2D eigenvalue weighted by molar-refractivity contribution is 6.05. The summed E-state index contributed by atoms with van der Waals surface area (Å²) in [4.78, 5) is 27.1. The molecule has 31 heavy (non-hydrogen) atoms. The summed E-state index contributed by atoms with van der Waals surface area (Å²) in [6, 6.07) is 0. The van der Waals surface area contributed by atoms with Crippen LogP contribution in [-0.2, 0) is 9.59 Å². The van der Waals surface area contributed by atoms with Gasteiger partial charge < -0.3 is 0 Å². The number of nitrogens with zero attached hydrogens (tertiary/aromatic N) is 1. The first-order valence-electron chi connectivity index (χ1n) is 13.4. The topological polar surface area (TPSA) is 37.4 Å². The highest BCUT2D eigenvalue weighted by Gasteiger charge is 2.57. The van der Waals surface area contributed by atoms with Gasteiger partial charge >= 0.3 is 0 Å². The molecular formula is C28H45NO2. The molecule has 4 atom stereocenters. The van der Waals surface area contributed by atoms with Crippen molar-refractivity contribution in [1.29, 1.82) is 0 Å². The van der Waals surface area contributed by atoms with Crippen LogP contribution in [0.5, 0.6) is 0 Å². The molecule has 0 aromatic carbocycles. The minimum Gasteiger partial charge on any atom is -0.282 e. The summed E-state index contributed by atoms with van der Waals surface area (Å²) < 4.78 is 0. The van der Waals surface area contributed by atoms with E-state index in [4.69, 9.17) is 0 Å². The predicted molar refractivity (Wildman–Crippen MR) is 129 cm³/mol. The second-order valence-electron chi connectivity index (χ2n) is 10.1. The lowest BCUT2D eigenvalue weighted by molar-refractivity contribution is -0.140. The third-order valence-corrected chi connectivity index (χ3v) is 7.77. The van der Waals surface area contributed by atoms with Gasteiger partial charge in [0.15, 0.2) is 0 Å². The monoisotopic (exact) mass is 427 g/mol. The zero-order valence-electron chi connectivity index (χ0n) is 19.9. The maximum atomic E-state index is 12.8. The van der Waals surface area contributed by atoms with Crippen molar-refractivity contribution < 1.29 is 9.59 Å². The highest BCUT2D eigenvalue weighted by atomic mass is 16.2. The van der Waals surface area contributed by atoms with Crippen LogP contribution in [0.4, 0.5) is 0 Å². The molecule has 0 aromatic heterocycles. The zero-order valence-corrected chi connectivity index (χ0v) is 19.9. The second-order valence-corrected chi connectivity index (χ2v) is 10.1. The molecule has 1 aliphatic heterocycles. The fraction of sp³-hybridized carbons (Fsp3) is 0.786. The Morgan fingerprint density at radius 1 is 0.839 bits per heavy atom. The van der Waals surface area contributed by atoms with Gasteiger partial charge in [0.05, 0.1) is 11.8 Å². The van der Waals surface area contributed by atoms with Gasteiger partial charge in [-0.05, 0) is 56.8 Å². The van der Waals surface area contributed by atoms with Crippen LogP contribution >= 0.6 is 0 Å². The summed E-state index contributed by atoms with van der Waals surface area (Å²) in [5.41, 5.74) is 0. The van der Waals surface area contributed by atoms with Gasteiger partial charge in [-0.15, -0.1) is 0 Å². The van der Waals surface area contributed by atoms with Gasteiger partial charge in [0.2, 0.25) is 11.8 Å². The first-order valence-corrected chi connectivity index (χ1v) is 13.4. The standard InChI is InChI=1S/C28H45NO2/c1-2-3-4-5-6-7-8-9-10-11-12-13-14-15-16-17-21-29-27(30)25-22-23-19-18-20-24(23)26(25)28(29)31/h10-11,18,20,23-26H,2-9,12-17,19,21-22H2,1H3/b11-10+. The molecule has 3 rings (SSSR count). The molecule has 4 unspecified atom stereocenters. The lowest BCUT2D eigenvalue weighted by atomic mass is 9.90. The van der Waals surface area contributed by atoms with Crippen molar-refractivity contribution in [3.8, 4) is 0 Å². The smallest absolute Gasteiger partial charge is 0.233 e. The maximum Gasteiger partial charge on any atom is 0.233 e. The first kappa shape index (κ1) is 24.3. The Morgan fingerprint density at radius 2 is 1.45 bits per heavy atom. The Balaban J connectivity index is 1.15. The third-order valence-electron chi connectivity index (χ3n) is 7.77. The van der Waals surface area contributed by atoms with Gasteiger partial charge in [-0.25, -0.2) is 0 Å². The summed E-state index contributed by atoms with van der Waals surface area (Å²) in [6.07, 6.45) is 29.1. The number of amides is 2. The molecule has 2 aliphatic carbocycles. The van der Waals surface area contributed by atoms with E-state index in [1.54, 1.807) is 4.90 Å². The van der Waals surface area contributed by atoms with Gasteiger partial charge in [0, 0.05) is 6.54 Å². The Morgan fingerprint density at radius 3 is 2.13 bits per heavy atom. The Kier molecular flexibility index (Phi) is 10.4. The molecule has 1 saturated heterocycles. The van der Waals surface area contributed by atoms with Gasteiger partial charge in [-0.2, -0.15) is 0 Å². The van der Waals surface area contributed by atoms with E-state index in [1.807, 2.05) is 0 Å². The van der Waals surface area contributed by atoms with E-state index >= 15 is 0 Å². The summed E-state index contributed by atoms with van der Waals surface area (Å²) in [5, 5.41) is 0. The van der Waals surface area contributed by atoms with Gasteiger partial charge in [-0.1, -0.05) is 89.0 Å². The zero-order chi connectivity index (χ0) is 21.9. The number of hydrogen-bond donors (Lipinski definition) is 0. The van der Waals surface area contributed by atoms with E-state index in [0.717, 1.165) is 25.7 Å². The molecule has 0 bridgehead atoms. The molecule has 3 nitrogen and oxygen atoms in total. The maximum absolute atomic E-state index is 12.8. The Labute approximate surface area is 190 Å². The molecule has 1 heterocycles. The van der Waals surface area contributed by atoms with Crippen molar-refractivity contribution in [2.75, 3.05) is 6.54 Å². The summed E-state index contributed by atoms with van der Waals surface area (Å²) in [5.74, 6) is 1.09. The van der Waals surface area contributed by atoms with Crippen LogP contribution in [0.1, 0.15) is 110 Å². The molecule has 2 amide bonds.